The van der Waals surface area contributed by atoms with E-state index in [-0.39, 0.29) is 0 Å². The number of rotatable bonds is 16. The summed E-state index contributed by atoms with van der Waals surface area (Å²) in [5, 5.41) is 8.88. The fraction of sp³-hybridized carbons (Fsp3) is 0.944. The first-order chi connectivity index (χ1) is 10.5. The zero-order chi connectivity index (χ0) is 16.7. The monoisotopic (exact) mass is 315 g/mol. The molecular weight excluding hydrogens is 278 g/mol. The summed E-state index contributed by atoms with van der Waals surface area (Å²) in [7, 11) is 0. The first kappa shape index (κ1) is 21.4. The number of carbonyl (C=O) groups is 1. The molecule has 0 radical (unpaired) electrons. The van der Waals surface area contributed by atoms with Gasteiger partial charge in [0.15, 0.2) is 0 Å². The van der Waals surface area contributed by atoms with Gasteiger partial charge in [0.05, 0.1) is 0 Å². The molecule has 0 aliphatic carbocycles. The van der Waals surface area contributed by atoms with Crippen LogP contribution in [0.1, 0.15) is 90.9 Å². The van der Waals surface area contributed by atoms with E-state index in [2.05, 4.69) is 6.92 Å². The quantitative estimate of drug-likeness (QED) is 0.411. The van der Waals surface area contributed by atoms with Crippen molar-refractivity contribution in [2.24, 2.45) is 5.73 Å². The maximum Gasteiger partial charge on any atom is 0.323 e. The summed E-state index contributed by atoms with van der Waals surface area (Å²) >= 11 is 0. The third-order valence-corrected chi connectivity index (χ3v) is 4.12. The highest BCUT2D eigenvalue weighted by Gasteiger charge is 2.26. The Labute approximate surface area is 136 Å². The van der Waals surface area contributed by atoms with Crippen molar-refractivity contribution in [3.05, 3.63) is 0 Å². The summed E-state index contributed by atoms with van der Waals surface area (Å²) in [5.41, 5.74) is 4.53. The van der Waals surface area contributed by atoms with Gasteiger partial charge in [-0.1, -0.05) is 64.7 Å². The first-order valence-corrected chi connectivity index (χ1v) is 9.10. The van der Waals surface area contributed by atoms with Gasteiger partial charge in [-0.25, -0.2) is 0 Å². The first-order valence-electron chi connectivity index (χ1n) is 9.10. The summed E-state index contributed by atoms with van der Waals surface area (Å²) in [6, 6.07) is 0. The zero-order valence-electron chi connectivity index (χ0n) is 14.7. The lowest BCUT2D eigenvalue weighted by Gasteiger charge is -2.18. The van der Waals surface area contributed by atoms with Gasteiger partial charge in [-0.05, 0) is 26.2 Å². The molecule has 0 rings (SSSR count). The van der Waals surface area contributed by atoms with Crippen LogP contribution in [0.4, 0.5) is 0 Å². The minimum absolute atomic E-state index is 0.459. The fourth-order valence-corrected chi connectivity index (χ4v) is 2.44. The lowest BCUT2D eigenvalue weighted by molar-refractivity contribution is -0.143. The molecule has 0 aliphatic heterocycles. The Morgan fingerprint density at radius 3 is 1.86 bits per heavy atom. The zero-order valence-corrected chi connectivity index (χ0v) is 14.7. The van der Waals surface area contributed by atoms with E-state index in [0.29, 0.717) is 19.4 Å². The van der Waals surface area contributed by atoms with Gasteiger partial charge in [0.25, 0.3) is 0 Å². The predicted octanol–water partition coefficient (Wildman–Crippen LogP) is 4.51. The highest BCUT2D eigenvalue weighted by Crippen LogP contribution is 2.11. The van der Waals surface area contributed by atoms with Crippen LogP contribution in [0.15, 0.2) is 0 Å². The highest BCUT2D eigenvalue weighted by atomic mass is 16.5. The molecule has 0 amide bonds. The van der Waals surface area contributed by atoms with Crippen LogP contribution >= 0.6 is 0 Å². The molecule has 1 atom stereocenters. The van der Waals surface area contributed by atoms with Crippen molar-refractivity contribution in [2.45, 2.75) is 96.4 Å². The van der Waals surface area contributed by atoms with Crippen LogP contribution in [0, 0.1) is 0 Å². The highest BCUT2D eigenvalue weighted by molar-refractivity contribution is 5.77. The lowest BCUT2D eigenvalue weighted by atomic mass is 9.98. The van der Waals surface area contributed by atoms with E-state index >= 15 is 0 Å². The smallest absolute Gasteiger partial charge is 0.323 e. The molecule has 0 aromatic carbocycles. The second-order valence-corrected chi connectivity index (χ2v) is 6.62. The largest absolute Gasteiger partial charge is 0.480 e. The summed E-state index contributed by atoms with van der Waals surface area (Å²) in [6.45, 7) is 5.20. The van der Waals surface area contributed by atoms with Crippen molar-refractivity contribution in [1.82, 2.24) is 0 Å². The number of ether oxygens (including phenoxy) is 1. The minimum atomic E-state index is -1.12. The van der Waals surface area contributed by atoms with Crippen LogP contribution in [-0.2, 0) is 9.53 Å². The summed E-state index contributed by atoms with van der Waals surface area (Å²) in [6.07, 6.45) is 14.4. The number of carboxylic acids is 1. The van der Waals surface area contributed by atoms with Crippen LogP contribution in [0.25, 0.3) is 0 Å². The van der Waals surface area contributed by atoms with Crippen molar-refractivity contribution in [3.8, 4) is 0 Å². The Morgan fingerprint density at radius 2 is 1.36 bits per heavy atom. The Hall–Kier alpha value is -0.610. The molecule has 0 aromatic heterocycles. The summed E-state index contributed by atoms with van der Waals surface area (Å²) < 4.78 is 5.53. The van der Waals surface area contributed by atoms with E-state index in [9.17, 15) is 4.79 Å². The number of aliphatic carboxylic acids is 1. The molecule has 1 unspecified atom stereocenters. The number of nitrogens with two attached hydrogens (primary N) is 1. The topological polar surface area (TPSA) is 72.5 Å². The molecule has 0 bridgehead atoms. The van der Waals surface area contributed by atoms with Gasteiger partial charge in [-0.15, -0.1) is 0 Å². The third kappa shape index (κ3) is 13.1. The number of hydrogen-bond acceptors (Lipinski definition) is 3. The molecule has 0 fully saturated rings. The molecule has 22 heavy (non-hydrogen) atoms. The van der Waals surface area contributed by atoms with Gasteiger partial charge in [0, 0.05) is 13.2 Å². The molecule has 4 nitrogen and oxygen atoms in total. The van der Waals surface area contributed by atoms with E-state index in [0.717, 1.165) is 13.0 Å². The van der Waals surface area contributed by atoms with E-state index < -0.39 is 11.5 Å². The average Bonchev–Trinajstić information content (AvgIpc) is 2.47. The van der Waals surface area contributed by atoms with Gasteiger partial charge in [0.1, 0.15) is 5.54 Å². The molecule has 0 aromatic rings. The molecule has 4 heteroatoms. The van der Waals surface area contributed by atoms with Gasteiger partial charge in [-0.3, -0.25) is 4.79 Å². The van der Waals surface area contributed by atoms with Crippen LogP contribution in [-0.4, -0.2) is 29.8 Å². The maximum absolute atomic E-state index is 10.8. The lowest BCUT2D eigenvalue weighted by Crippen LogP contribution is -2.44. The minimum Gasteiger partial charge on any atom is -0.480 e. The molecule has 3 N–H and O–H groups in total. The van der Waals surface area contributed by atoms with Gasteiger partial charge in [-0.2, -0.15) is 0 Å². The van der Waals surface area contributed by atoms with E-state index in [4.69, 9.17) is 15.6 Å². The molecule has 0 saturated heterocycles. The van der Waals surface area contributed by atoms with Crippen molar-refractivity contribution in [2.75, 3.05) is 13.2 Å². The van der Waals surface area contributed by atoms with Crippen LogP contribution in [0.5, 0.6) is 0 Å². The summed E-state index contributed by atoms with van der Waals surface area (Å²) in [4.78, 5) is 10.8. The van der Waals surface area contributed by atoms with Crippen LogP contribution < -0.4 is 5.73 Å². The number of hydrogen-bond donors (Lipinski definition) is 2. The van der Waals surface area contributed by atoms with Crippen molar-refractivity contribution in [3.63, 3.8) is 0 Å². The standard InChI is InChI=1S/C18H37NO3/c1-3-4-5-6-7-8-9-10-11-12-15-22-16-13-14-18(2,19)17(20)21/h3-16,19H2,1-2H3,(H,20,21). The van der Waals surface area contributed by atoms with Gasteiger partial charge in [0.2, 0.25) is 0 Å². The molecule has 0 spiro atoms. The molecular formula is C18H37NO3. The second kappa shape index (κ2) is 14.0. The second-order valence-electron chi connectivity index (χ2n) is 6.62. The van der Waals surface area contributed by atoms with E-state index in [1.807, 2.05) is 0 Å². The van der Waals surface area contributed by atoms with E-state index in [1.165, 1.54) is 57.8 Å². The van der Waals surface area contributed by atoms with Gasteiger partial charge >= 0.3 is 5.97 Å². The average molecular weight is 315 g/mol. The Morgan fingerprint density at radius 1 is 0.909 bits per heavy atom. The predicted molar refractivity (Wildman–Crippen MR) is 92.1 cm³/mol. The van der Waals surface area contributed by atoms with Crippen molar-refractivity contribution in [1.29, 1.82) is 0 Å². The molecule has 0 saturated carbocycles. The molecule has 0 heterocycles. The van der Waals surface area contributed by atoms with Crippen molar-refractivity contribution >= 4 is 5.97 Å². The molecule has 0 aliphatic rings. The third-order valence-electron chi connectivity index (χ3n) is 4.12. The SMILES string of the molecule is CCCCCCCCCCCCOCCCC(C)(N)C(=O)O. The fourth-order valence-electron chi connectivity index (χ4n) is 2.44. The van der Waals surface area contributed by atoms with Crippen molar-refractivity contribution < 1.29 is 14.6 Å². The Balaban J connectivity index is 3.16. The van der Waals surface area contributed by atoms with Crippen LogP contribution in [0.3, 0.4) is 0 Å². The normalized spacial score (nSPS) is 14.0. The Kier molecular flexibility index (Phi) is 13.6. The summed E-state index contributed by atoms with van der Waals surface area (Å²) in [5.74, 6) is -0.942. The number of unbranched alkanes of at least 4 members (excludes halogenated alkanes) is 9. The van der Waals surface area contributed by atoms with Crippen LogP contribution in [0.2, 0.25) is 0 Å². The maximum atomic E-state index is 10.8. The van der Waals surface area contributed by atoms with E-state index in [1.54, 1.807) is 6.92 Å². The Bertz CT molecular complexity index is 267. The molecule has 132 valence electrons. The number of carboxylic acid groups (broad SMARTS) is 1. The van der Waals surface area contributed by atoms with Gasteiger partial charge < -0.3 is 15.6 Å².